The van der Waals surface area contributed by atoms with E-state index in [1.54, 1.807) is 0 Å². The molecule has 2 nitrogen and oxygen atoms in total. The number of anilines is 1. The fourth-order valence-corrected chi connectivity index (χ4v) is 4.45. The Labute approximate surface area is 184 Å². The standard InChI is InChI=1S/C27H28ClNO/c1-20(29(25-13-6-3-7-14-25)27(30)23-11-8-12-23)26(22-9-4-2-5-10-22)19-21-15-17-24(28)18-16-21/h2-7,9-10,13-18,20,23,26H,8,11-12,19H2,1H3/t20?,26-/m1/s1. The van der Waals surface area contributed by atoms with Gasteiger partial charge in [-0.05, 0) is 61.6 Å². The van der Waals surface area contributed by atoms with Gasteiger partial charge in [0, 0.05) is 28.6 Å². The Hall–Kier alpha value is -2.58. The number of hydrogen-bond donors (Lipinski definition) is 0. The van der Waals surface area contributed by atoms with Crippen LogP contribution in [0.5, 0.6) is 0 Å². The molecule has 0 radical (unpaired) electrons. The monoisotopic (exact) mass is 417 g/mol. The van der Waals surface area contributed by atoms with Crippen LogP contribution in [-0.2, 0) is 11.2 Å². The van der Waals surface area contributed by atoms with E-state index in [1.165, 1.54) is 11.1 Å². The quantitative estimate of drug-likeness (QED) is 0.410. The number of carbonyl (C=O) groups is 1. The molecular formula is C27H28ClNO. The van der Waals surface area contributed by atoms with E-state index in [0.717, 1.165) is 36.4 Å². The largest absolute Gasteiger partial charge is 0.309 e. The van der Waals surface area contributed by atoms with Crippen LogP contribution >= 0.6 is 11.6 Å². The molecule has 0 bridgehead atoms. The molecule has 0 aliphatic heterocycles. The third-order valence-electron chi connectivity index (χ3n) is 6.31. The highest BCUT2D eigenvalue weighted by atomic mass is 35.5. The Balaban J connectivity index is 1.70. The first-order chi connectivity index (χ1) is 14.6. The Bertz CT molecular complexity index is 951. The maximum absolute atomic E-state index is 13.5. The van der Waals surface area contributed by atoms with Crippen molar-refractivity contribution < 1.29 is 4.79 Å². The number of carbonyl (C=O) groups excluding carboxylic acids is 1. The summed E-state index contributed by atoms with van der Waals surface area (Å²) in [5.74, 6) is 0.591. The molecule has 1 fully saturated rings. The summed E-state index contributed by atoms with van der Waals surface area (Å²) >= 11 is 6.10. The van der Waals surface area contributed by atoms with Crippen LogP contribution in [0, 0.1) is 5.92 Å². The number of nitrogens with zero attached hydrogens (tertiary/aromatic N) is 1. The number of amides is 1. The van der Waals surface area contributed by atoms with Gasteiger partial charge in [-0.25, -0.2) is 0 Å². The molecule has 0 saturated heterocycles. The minimum absolute atomic E-state index is 0.0265. The SMILES string of the molecule is CC([C@@H](Cc1ccc(Cl)cc1)c1ccccc1)N(C(=O)C1CCC1)c1ccccc1. The van der Waals surface area contributed by atoms with Crippen LogP contribution in [0.2, 0.25) is 5.02 Å². The first kappa shape index (κ1) is 20.7. The smallest absolute Gasteiger partial charge is 0.230 e. The Morgan fingerprint density at radius 1 is 0.933 bits per heavy atom. The average Bonchev–Trinajstić information content (AvgIpc) is 2.73. The summed E-state index contributed by atoms with van der Waals surface area (Å²) in [4.78, 5) is 15.6. The minimum atomic E-state index is 0.0265. The van der Waals surface area contributed by atoms with E-state index < -0.39 is 0 Å². The third kappa shape index (κ3) is 4.60. The lowest BCUT2D eigenvalue weighted by Crippen LogP contribution is -2.47. The fraction of sp³-hybridized carbons (Fsp3) is 0.296. The second-order valence-electron chi connectivity index (χ2n) is 8.26. The van der Waals surface area contributed by atoms with Crippen molar-refractivity contribution in [2.24, 2.45) is 5.92 Å². The highest BCUT2D eigenvalue weighted by molar-refractivity contribution is 6.30. The van der Waals surface area contributed by atoms with Gasteiger partial charge in [-0.1, -0.05) is 78.7 Å². The summed E-state index contributed by atoms with van der Waals surface area (Å²) in [6.07, 6.45) is 4.01. The minimum Gasteiger partial charge on any atom is -0.309 e. The molecule has 3 aromatic rings. The molecule has 1 aliphatic carbocycles. The van der Waals surface area contributed by atoms with Gasteiger partial charge in [0.05, 0.1) is 0 Å². The lowest BCUT2D eigenvalue weighted by molar-refractivity contribution is -0.125. The van der Waals surface area contributed by atoms with E-state index in [0.29, 0.717) is 0 Å². The fourth-order valence-electron chi connectivity index (χ4n) is 4.33. The second-order valence-corrected chi connectivity index (χ2v) is 8.70. The maximum atomic E-state index is 13.5. The molecule has 3 heteroatoms. The Morgan fingerprint density at radius 2 is 1.53 bits per heavy atom. The lowest BCUT2D eigenvalue weighted by Gasteiger charge is -2.39. The van der Waals surface area contributed by atoms with Crippen LogP contribution < -0.4 is 4.90 Å². The lowest BCUT2D eigenvalue weighted by atomic mass is 9.81. The second kappa shape index (κ2) is 9.49. The van der Waals surface area contributed by atoms with Gasteiger partial charge >= 0.3 is 0 Å². The Kier molecular flexibility index (Phi) is 6.54. The van der Waals surface area contributed by atoms with Crippen molar-refractivity contribution in [2.45, 2.75) is 44.6 Å². The van der Waals surface area contributed by atoms with Gasteiger partial charge in [0.1, 0.15) is 0 Å². The molecule has 1 amide bonds. The molecule has 154 valence electrons. The number of halogens is 1. The van der Waals surface area contributed by atoms with Gasteiger partial charge in [0.15, 0.2) is 0 Å². The van der Waals surface area contributed by atoms with Gasteiger partial charge in [-0.3, -0.25) is 4.79 Å². The van der Waals surface area contributed by atoms with Crippen molar-refractivity contribution >= 4 is 23.2 Å². The zero-order valence-corrected chi connectivity index (χ0v) is 18.1. The molecule has 0 N–H and O–H groups in total. The van der Waals surface area contributed by atoms with Gasteiger partial charge in [0.2, 0.25) is 5.91 Å². The van der Waals surface area contributed by atoms with Crippen molar-refractivity contribution in [3.8, 4) is 0 Å². The number of para-hydroxylation sites is 1. The van der Waals surface area contributed by atoms with Crippen molar-refractivity contribution in [3.05, 3.63) is 101 Å². The van der Waals surface area contributed by atoms with Gasteiger partial charge in [-0.15, -0.1) is 0 Å². The summed E-state index contributed by atoms with van der Waals surface area (Å²) in [5.41, 5.74) is 3.46. The van der Waals surface area contributed by atoms with E-state index >= 15 is 0 Å². The molecule has 2 atom stereocenters. The Morgan fingerprint density at radius 3 is 2.10 bits per heavy atom. The molecule has 1 saturated carbocycles. The van der Waals surface area contributed by atoms with Gasteiger partial charge in [0.25, 0.3) is 0 Å². The van der Waals surface area contributed by atoms with Crippen LogP contribution in [0.4, 0.5) is 5.69 Å². The van der Waals surface area contributed by atoms with E-state index in [1.807, 2.05) is 36.4 Å². The number of rotatable bonds is 7. The third-order valence-corrected chi connectivity index (χ3v) is 6.56. The summed E-state index contributed by atoms with van der Waals surface area (Å²) in [5, 5.41) is 0.745. The normalized spacial score (nSPS) is 15.8. The van der Waals surface area contributed by atoms with Crippen LogP contribution in [0.1, 0.15) is 43.2 Å². The van der Waals surface area contributed by atoms with E-state index in [2.05, 4.69) is 60.4 Å². The van der Waals surface area contributed by atoms with Gasteiger partial charge < -0.3 is 4.90 Å². The number of benzene rings is 3. The van der Waals surface area contributed by atoms with Crippen LogP contribution in [0.3, 0.4) is 0 Å². The highest BCUT2D eigenvalue weighted by Gasteiger charge is 2.35. The summed E-state index contributed by atoms with van der Waals surface area (Å²) in [7, 11) is 0. The molecule has 30 heavy (non-hydrogen) atoms. The molecular weight excluding hydrogens is 390 g/mol. The predicted octanol–water partition coefficient (Wildman–Crippen LogP) is 6.89. The van der Waals surface area contributed by atoms with Crippen molar-refractivity contribution in [1.82, 2.24) is 0 Å². The van der Waals surface area contributed by atoms with Crippen LogP contribution in [0.25, 0.3) is 0 Å². The zero-order valence-electron chi connectivity index (χ0n) is 17.4. The maximum Gasteiger partial charge on any atom is 0.230 e. The zero-order chi connectivity index (χ0) is 20.9. The first-order valence-corrected chi connectivity index (χ1v) is 11.2. The van der Waals surface area contributed by atoms with E-state index in [9.17, 15) is 4.79 Å². The molecule has 0 heterocycles. The van der Waals surface area contributed by atoms with Crippen molar-refractivity contribution in [2.75, 3.05) is 4.90 Å². The topological polar surface area (TPSA) is 20.3 Å². The average molecular weight is 418 g/mol. The molecule has 4 rings (SSSR count). The molecule has 0 spiro atoms. The number of hydrogen-bond acceptors (Lipinski definition) is 1. The molecule has 1 aliphatic rings. The molecule has 3 aromatic carbocycles. The highest BCUT2D eigenvalue weighted by Crippen LogP contribution is 2.35. The van der Waals surface area contributed by atoms with Crippen molar-refractivity contribution in [1.29, 1.82) is 0 Å². The van der Waals surface area contributed by atoms with E-state index in [-0.39, 0.29) is 23.8 Å². The summed E-state index contributed by atoms with van der Waals surface area (Å²) < 4.78 is 0. The van der Waals surface area contributed by atoms with Gasteiger partial charge in [-0.2, -0.15) is 0 Å². The first-order valence-electron chi connectivity index (χ1n) is 10.8. The summed E-state index contributed by atoms with van der Waals surface area (Å²) in [6.45, 7) is 2.19. The molecule has 0 aromatic heterocycles. The predicted molar refractivity (Wildman–Crippen MR) is 125 cm³/mol. The van der Waals surface area contributed by atoms with Crippen molar-refractivity contribution in [3.63, 3.8) is 0 Å². The van der Waals surface area contributed by atoms with Crippen LogP contribution in [-0.4, -0.2) is 11.9 Å². The van der Waals surface area contributed by atoms with E-state index in [4.69, 9.17) is 11.6 Å². The summed E-state index contributed by atoms with van der Waals surface area (Å²) in [6, 6.07) is 28.8. The van der Waals surface area contributed by atoms with Crippen LogP contribution in [0.15, 0.2) is 84.9 Å². The molecule has 1 unspecified atom stereocenters.